The van der Waals surface area contributed by atoms with E-state index in [0.717, 1.165) is 15.2 Å². The largest absolute Gasteiger partial charge is 0.357 e. The second-order valence-electron chi connectivity index (χ2n) is 5.42. The van der Waals surface area contributed by atoms with Gasteiger partial charge in [-0.15, -0.1) is 16.8 Å². The van der Waals surface area contributed by atoms with Crippen LogP contribution in [-0.4, -0.2) is 32.8 Å². The van der Waals surface area contributed by atoms with E-state index in [4.69, 9.17) is 5.26 Å². The van der Waals surface area contributed by atoms with Crippen molar-refractivity contribution in [2.75, 3.05) is 17.6 Å². The zero-order valence-electron chi connectivity index (χ0n) is 14.0. The van der Waals surface area contributed by atoms with E-state index >= 15 is 0 Å². The van der Waals surface area contributed by atoms with Gasteiger partial charge in [-0.25, -0.2) is 0 Å². The monoisotopic (exact) mass is 383 g/mol. The Balaban J connectivity index is 1.72. The Bertz CT molecular complexity index is 970. The molecule has 0 atom stereocenters. The van der Waals surface area contributed by atoms with Crippen molar-refractivity contribution in [1.82, 2.24) is 14.8 Å². The minimum atomic E-state index is 0.0395. The van der Waals surface area contributed by atoms with Crippen molar-refractivity contribution in [2.24, 2.45) is 0 Å². The van der Waals surface area contributed by atoms with Crippen molar-refractivity contribution >= 4 is 44.9 Å². The summed E-state index contributed by atoms with van der Waals surface area (Å²) in [6.45, 7) is 4.85. The highest BCUT2D eigenvalue weighted by Gasteiger charge is 2.16. The third-order valence-corrected chi connectivity index (χ3v) is 5.70. The quantitative estimate of drug-likeness (QED) is 0.342. The minimum absolute atomic E-state index is 0.0395. The lowest BCUT2D eigenvalue weighted by atomic mass is 10.1. The number of hydrogen-bond acceptors (Lipinski definition) is 7. The Morgan fingerprint density at radius 3 is 3.08 bits per heavy atom. The van der Waals surface area contributed by atoms with Gasteiger partial charge >= 0.3 is 0 Å². The average molecular weight is 384 g/mol. The van der Waals surface area contributed by atoms with Gasteiger partial charge in [-0.05, 0) is 6.07 Å². The molecule has 0 aliphatic rings. The lowest BCUT2D eigenvalue weighted by Gasteiger charge is -2.00. The van der Waals surface area contributed by atoms with Crippen LogP contribution in [0.4, 0.5) is 5.13 Å². The number of nitriles is 1. The van der Waals surface area contributed by atoms with Crippen LogP contribution in [0.15, 0.2) is 47.5 Å². The molecule has 0 spiro atoms. The summed E-state index contributed by atoms with van der Waals surface area (Å²) in [5, 5.41) is 21.7. The van der Waals surface area contributed by atoms with Gasteiger partial charge in [-0.1, -0.05) is 47.4 Å². The van der Waals surface area contributed by atoms with Crippen LogP contribution in [0.5, 0.6) is 0 Å². The highest BCUT2D eigenvalue weighted by molar-refractivity contribution is 8.01. The first-order valence-electron chi connectivity index (χ1n) is 8.02. The summed E-state index contributed by atoms with van der Waals surface area (Å²) in [6, 6.07) is 9.92. The van der Waals surface area contributed by atoms with Gasteiger partial charge in [0.2, 0.25) is 5.13 Å². The summed E-state index contributed by atoms with van der Waals surface area (Å²) >= 11 is 2.80. The van der Waals surface area contributed by atoms with Crippen LogP contribution < -0.4 is 5.32 Å². The van der Waals surface area contributed by atoms with Crippen LogP contribution in [-0.2, 0) is 6.54 Å². The molecule has 26 heavy (non-hydrogen) atoms. The number of carbonyl (C=O) groups excluding carboxylic acids is 1. The molecule has 0 radical (unpaired) electrons. The van der Waals surface area contributed by atoms with Gasteiger partial charge < -0.3 is 9.88 Å². The van der Waals surface area contributed by atoms with Gasteiger partial charge in [-0.2, -0.15) is 5.26 Å². The fourth-order valence-corrected chi connectivity index (χ4v) is 4.17. The van der Waals surface area contributed by atoms with E-state index in [1.807, 2.05) is 35.0 Å². The number of para-hydroxylation sites is 1. The number of benzene rings is 1. The zero-order chi connectivity index (χ0) is 18.4. The van der Waals surface area contributed by atoms with Crippen LogP contribution in [0.2, 0.25) is 0 Å². The molecule has 0 saturated heterocycles. The third-order valence-electron chi connectivity index (χ3n) is 3.68. The van der Waals surface area contributed by atoms with Gasteiger partial charge in [0.25, 0.3) is 0 Å². The summed E-state index contributed by atoms with van der Waals surface area (Å²) in [5.74, 6) is 0.334. The Kier molecular flexibility index (Phi) is 6.04. The summed E-state index contributed by atoms with van der Waals surface area (Å²) in [4.78, 5) is 12.7. The molecule has 1 N–H and O–H groups in total. The SMILES string of the molecule is C=CCNc1nnc(SCC(=O)c2cn(CCC#N)c3ccccc23)s1. The highest BCUT2D eigenvalue weighted by Crippen LogP contribution is 2.28. The van der Waals surface area contributed by atoms with Crippen molar-refractivity contribution in [2.45, 2.75) is 17.3 Å². The molecule has 0 aliphatic heterocycles. The number of rotatable bonds is 9. The highest BCUT2D eigenvalue weighted by atomic mass is 32.2. The first kappa shape index (κ1) is 18.2. The van der Waals surface area contributed by atoms with Gasteiger partial charge in [-0.3, -0.25) is 4.79 Å². The van der Waals surface area contributed by atoms with E-state index < -0.39 is 0 Å². The molecule has 0 fully saturated rings. The van der Waals surface area contributed by atoms with Crippen molar-refractivity contribution in [3.05, 3.63) is 48.7 Å². The molecule has 3 rings (SSSR count). The molecule has 0 saturated carbocycles. The molecule has 2 aromatic heterocycles. The molecule has 1 aromatic carbocycles. The van der Waals surface area contributed by atoms with E-state index in [9.17, 15) is 4.79 Å². The number of nitrogens with zero attached hydrogens (tertiary/aromatic N) is 4. The number of aryl methyl sites for hydroxylation is 1. The number of anilines is 1. The van der Waals surface area contributed by atoms with Crippen LogP contribution >= 0.6 is 23.1 Å². The number of ketones is 1. The van der Waals surface area contributed by atoms with E-state index in [2.05, 4.69) is 28.2 Å². The molecule has 2 heterocycles. The van der Waals surface area contributed by atoms with Crippen molar-refractivity contribution in [3.63, 3.8) is 0 Å². The Labute approximate surface area is 159 Å². The molecule has 0 aliphatic carbocycles. The smallest absolute Gasteiger partial charge is 0.206 e. The Morgan fingerprint density at radius 2 is 2.27 bits per heavy atom. The molecule has 0 amide bonds. The normalized spacial score (nSPS) is 10.6. The number of aromatic nitrogens is 3. The van der Waals surface area contributed by atoms with Gasteiger partial charge in [0.05, 0.1) is 18.2 Å². The Morgan fingerprint density at radius 1 is 1.42 bits per heavy atom. The average Bonchev–Trinajstić information content (AvgIpc) is 3.27. The minimum Gasteiger partial charge on any atom is -0.357 e. The van der Waals surface area contributed by atoms with E-state index in [0.29, 0.717) is 36.0 Å². The van der Waals surface area contributed by atoms with Crippen LogP contribution in [0.3, 0.4) is 0 Å². The fourth-order valence-electron chi connectivity index (χ4n) is 2.53. The summed E-state index contributed by atoms with van der Waals surface area (Å²) in [5.41, 5.74) is 1.66. The zero-order valence-corrected chi connectivity index (χ0v) is 15.6. The number of Topliss-reactive ketones (excluding diaryl/α,β-unsaturated/α-hetero) is 1. The predicted octanol–water partition coefficient (Wildman–Crippen LogP) is 3.98. The van der Waals surface area contributed by atoms with Crippen molar-refractivity contribution in [3.8, 4) is 6.07 Å². The first-order valence-corrected chi connectivity index (χ1v) is 9.82. The van der Waals surface area contributed by atoms with E-state index in [1.54, 1.807) is 6.08 Å². The maximum absolute atomic E-state index is 12.7. The molecule has 8 heteroatoms. The summed E-state index contributed by atoms with van der Waals surface area (Å²) in [6.07, 6.45) is 4.01. The van der Waals surface area contributed by atoms with E-state index in [1.165, 1.54) is 23.1 Å². The fraction of sp³-hybridized carbons (Fsp3) is 0.222. The first-order chi connectivity index (χ1) is 12.7. The molecule has 0 unspecified atom stereocenters. The summed E-state index contributed by atoms with van der Waals surface area (Å²) in [7, 11) is 0. The molecule has 3 aromatic rings. The Hall–Kier alpha value is -2.63. The molecule has 0 bridgehead atoms. The predicted molar refractivity (Wildman–Crippen MR) is 106 cm³/mol. The maximum Gasteiger partial charge on any atom is 0.206 e. The number of hydrogen-bond donors (Lipinski definition) is 1. The van der Waals surface area contributed by atoms with Crippen molar-refractivity contribution in [1.29, 1.82) is 5.26 Å². The standard InChI is InChI=1S/C18H17N5OS2/c1-2-9-20-17-21-22-18(26-17)25-12-16(24)14-11-23(10-5-8-19)15-7-4-3-6-13(14)15/h2-4,6-7,11H,1,5,9-10,12H2,(H,20,21). The topological polar surface area (TPSA) is 83.6 Å². The number of carbonyl (C=O) groups is 1. The number of nitrogens with one attached hydrogen (secondary N) is 1. The molecule has 132 valence electrons. The van der Waals surface area contributed by atoms with Crippen LogP contribution in [0.1, 0.15) is 16.8 Å². The molecular formula is C18H17N5OS2. The van der Waals surface area contributed by atoms with Gasteiger partial charge in [0, 0.05) is 35.8 Å². The van der Waals surface area contributed by atoms with Gasteiger partial charge in [0.1, 0.15) is 0 Å². The molecule has 6 nitrogen and oxygen atoms in total. The van der Waals surface area contributed by atoms with Crippen LogP contribution in [0.25, 0.3) is 10.9 Å². The van der Waals surface area contributed by atoms with Gasteiger partial charge in [0.15, 0.2) is 10.1 Å². The second kappa shape index (κ2) is 8.65. The maximum atomic E-state index is 12.7. The third kappa shape index (κ3) is 4.12. The van der Waals surface area contributed by atoms with Crippen molar-refractivity contribution < 1.29 is 4.79 Å². The summed E-state index contributed by atoms with van der Waals surface area (Å²) < 4.78 is 2.72. The van der Waals surface area contributed by atoms with Crippen LogP contribution in [0, 0.1) is 11.3 Å². The van der Waals surface area contributed by atoms with E-state index in [-0.39, 0.29) is 5.78 Å². The second-order valence-corrected chi connectivity index (χ2v) is 7.62. The lowest BCUT2D eigenvalue weighted by Crippen LogP contribution is -2.02. The number of fused-ring (bicyclic) bond motifs is 1. The molecular weight excluding hydrogens is 366 g/mol. The number of thioether (sulfide) groups is 1. The lowest BCUT2D eigenvalue weighted by molar-refractivity contribution is 0.102.